The second kappa shape index (κ2) is 6.43. The summed E-state index contributed by atoms with van der Waals surface area (Å²) >= 11 is 0. The molecule has 1 amide bonds. The topological polar surface area (TPSA) is 68.3 Å². The lowest BCUT2D eigenvalue weighted by Crippen LogP contribution is -2.22. The number of benzene rings is 1. The van der Waals surface area contributed by atoms with Gasteiger partial charge in [0.1, 0.15) is 0 Å². The minimum Gasteiger partial charge on any atom is -0.459 e. The van der Waals surface area contributed by atoms with Crippen molar-refractivity contribution in [3.05, 3.63) is 59.5 Å². The van der Waals surface area contributed by atoms with Crippen LogP contribution in [0.15, 0.2) is 47.1 Å². The second-order valence-corrected chi connectivity index (χ2v) is 3.87. The third kappa shape index (κ3) is 3.73. The molecule has 0 fully saturated rings. The summed E-state index contributed by atoms with van der Waals surface area (Å²) in [6, 6.07) is 11.0. The lowest BCUT2D eigenvalue weighted by Gasteiger charge is -2.03. The first-order valence-electron chi connectivity index (χ1n) is 5.89. The molecular weight excluding hydrogens is 240 g/mol. The van der Waals surface area contributed by atoms with Gasteiger partial charge >= 0.3 is 0 Å². The Morgan fingerprint density at radius 1 is 1.32 bits per heavy atom. The minimum absolute atomic E-state index is 0.233. The Labute approximate surface area is 111 Å². The summed E-state index contributed by atoms with van der Waals surface area (Å²) in [4.78, 5) is 11.7. The number of nitrogens with one attached hydrogen (secondary N) is 1. The van der Waals surface area contributed by atoms with Crippen LogP contribution in [0.4, 0.5) is 0 Å². The van der Waals surface area contributed by atoms with Gasteiger partial charge in [-0.15, -0.1) is 0 Å². The monoisotopic (exact) mass is 254 g/mol. The number of carbonyl (C=O) groups excluding carboxylic acids is 1. The van der Waals surface area contributed by atoms with Gasteiger partial charge in [0.15, 0.2) is 5.76 Å². The predicted molar refractivity (Wildman–Crippen MR) is 72.3 cm³/mol. The van der Waals surface area contributed by atoms with Gasteiger partial charge in [0, 0.05) is 12.1 Å². The van der Waals surface area contributed by atoms with E-state index in [4.69, 9.17) is 10.2 Å². The minimum atomic E-state index is -0.233. The van der Waals surface area contributed by atoms with Crippen LogP contribution in [0.3, 0.4) is 0 Å². The fourth-order valence-corrected chi connectivity index (χ4v) is 1.59. The molecular formula is C15H14N2O2. The summed E-state index contributed by atoms with van der Waals surface area (Å²) in [6.07, 6.45) is 1.47. The first-order chi connectivity index (χ1) is 9.29. The number of furan rings is 1. The van der Waals surface area contributed by atoms with Crippen LogP contribution in [0, 0.1) is 11.8 Å². The Bertz CT molecular complexity index is 607. The summed E-state index contributed by atoms with van der Waals surface area (Å²) in [5.74, 6) is 5.82. The van der Waals surface area contributed by atoms with Crippen molar-refractivity contribution in [2.24, 2.45) is 5.73 Å². The van der Waals surface area contributed by atoms with Gasteiger partial charge in [0.2, 0.25) is 0 Å². The zero-order valence-corrected chi connectivity index (χ0v) is 10.3. The molecule has 4 heteroatoms. The van der Waals surface area contributed by atoms with Crippen molar-refractivity contribution in [1.29, 1.82) is 0 Å². The number of nitrogens with two attached hydrogens (primary N) is 1. The second-order valence-electron chi connectivity index (χ2n) is 3.87. The van der Waals surface area contributed by atoms with E-state index >= 15 is 0 Å². The van der Waals surface area contributed by atoms with Crippen LogP contribution in [0.2, 0.25) is 0 Å². The maximum atomic E-state index is 11.7. The number of hydrogen-bond acceptors (Lipinski definition) is 3. The lowest BCUT2D eigenvalue weighted by molar-refractivity contribution is 0.0923. The summed E-state index contributed by atoms with van der Waals surface area (Å²) < 4.78 is 5.01. The number of carbonyl (C=O) groups is 1. The number of hydrogen-bond donors (Lipinski definition) is 2. The average molecular weight is 254 g/mol. The normalized spacial score (nSPS) is 9.53. The molecule has 0 atom stereocenters. The largest absolute Gasteiger partial charge is 0.459 e. The van der Waals surface area contributed by atoms with E-state index in [2.05, 4.69) is 17.2 Å². The molecule has 0 aliphatic carbocycles. The highest BCUT2D eigenvalue weighted by Crippen LogP contribution is 2.05. The molecule has 0 saturated heterocycles. The number of rotatable bonds is 3. The van der Waals surface area contributed by atoms with Crippen molar-refractivity contribution in [3.63, 3.8) is 0 Å². The average Bonchev–Trinajstić information content (AvgIpc) is 2.97. The molecule has 0 aliphatic rings. The van der Waals surface area contributed by atoms with Crippen molar-refractivity contribution in [1.82, 2.24) is 5.32 Å². The zero-order valence-electron chi connectivity index (χ0n) is 10.3. The Hall–Kier alpha value is -2.51. The third-order valence-electron chi connectivity index (χ3n) is 2.46. The van der Waals surface area contributed by atoms with Crippen LogP contribution < -0.4 is 11.1 Å². The molecule has 19 heavy (non-hydrogen) atoms. The van der Waals surface area contributed by atoms with E-state index in [-0.39, 0.29) is 5.91 Å². The molecule has 1 aromatic heterocycles. The van der Waals surface area contributed by atoms with E-state index in [9.17, 15) is 4.79 Å². The van der Waals surface area contributed by atoms with Crippen LogP contribution in [-0.2, 0) is 6.54 Å². The van der Waals surface area contributed by atoms with E-state index in [0.717, 1.165) is 11.1 Å². The van der Waals surface area contributed by atoms with Gasteiger partial charge in [-0.3, -0.25) is 4.79 Å². The Morgan fingerprint density at radius 3 is 2.95 bits per heavy atom. The van der Waals surface area contributed by atoms with Crippen molar-refractivity contribution in [2.45, 2.75) is 6.54 Å². The molecule has 96 valence electrons. The summed E-state index contributed by atoms with van der Waals surface area (Å²) in [5.41, 5.74) is 7.19. The molecule has 1 aromatic carbocycles. The van der Waals surface area contributed by atoms with Gasteiger partial charge in [0.25, 0.3) is 5.91 Å². The van der Waals surface area contributed by atoms with Gasteiger partial charge in [0.05, 0.1) is 12.8 Å². The fraction of sp³-hybridized carbons (Fsp3) is 0.133. The van der Waals surface area contributed by atoms with Gasteiger partial charge in [-0.2, -0.15) is 0 Å². The molecule has 3 N–H and O–H groups in total. The molecule has 0 spiro atoms. The van der Waals surface area contributed by atoms with E-state index in [0.29, 0.717) is 18.8 Å². The van der Waals surface area contributed by atoms with Gasteiger partial charge in [-0.1, -0.05) is 24.0 Å². The maximum Gasteiger partial charge on any atom is 0.287 e. The van der Waals surface area contributed by atoms with Gasteiger partial charge in [-0.25, -0.2) is 0 Å². The molecule has 0 aliphatic heterocycles. The van der Waals surface area contributed by atoms with Crippen LogP contribution in [-0.4, -0.2) is 12.5 Å². The molecule has 2 rings (SSSR count). The summed E-state index contributed by atoms with van der Waals surface area (Å²) in [5, 5.41) is 2.78. The SMILES string of the molecule is NCC#Cc1cccc(CNC(=O)c2ccco2)c1. The molecule has 0 saturated carbocycles. The molecule has 0 bridgehead atoms. The molecule has 2 aromatic rings. The van der Waals surface area contributed by atoms with Crippen molar-refractivity contribution in [3.8, 4) is 11.8 Å². The summed E-state index contributed by atoms with van der Waals surface area (Å²) in [6.45, 7) is 0.761. The Balaban J connectivity index is 1.98. The van der Waals surface area contributed by atoms with Gasteiger partial charge < -0.3 is 15.5 Å². The van der Waals surface area contributed by atoms with Crippen molar-refractivity contribution >= 4 is 5.91 Å². The first-order valence-corrected chi connectivity index (χ1v) is 5.89. The van der Waals surface area contributed by atoms with Crippen molar-refractivity contribution < 1.29 is 9.21 Å². The lowest BCUT2D eigenvalue weighted by atomic mass is 10.1. The summed E-state index contributed by atoms with van der Waals surface area (Å²) in [7, 11) is 0. The quantitative estimate of drug-likeness (QED) is 0.816. The van der Waals surface area contributed by atoms with Crippen LogP contribution in [0.25, 0.3) is 0 Å². The predicted octanol–water partition coefficient (Wildman–Crippen LogP) is 1.52. The van der Waals surface area contributed by atoms with E-state index < -0.39 is 0 Å². The van der Waals surface area contributed by atoms with Crippen molar-refractivity contribution in [2.75, 3.05) is 6.54 Å². The molecule has 0 unspecified atom stereocenters. The first kappa shape index (κ1) is 12.9. The highest BCUT2D eigenvalue weighted by molar-refractivity contribution is 5.91. The van der Waals surface area contributed by atoms with E-state index in [1.807, 2.05) is 24.3 Å². The van der Waals surface area contributed by atoms with E-state index in [1.54, 1.807) is 12.1 Å². The van der Waals surface area contributed by atoms with Gasteiger partial charge in [-0.05, 0) is 29.8 Å². The Kier molecular flexibility index (Phi) is 4.38. The molecule has 1 heterocycles. The van der Waals surface area contributed by atoms with Crippen LogP contribution in [0.1, 0.15) is 21.7 Å². The Morgan fingerprint density at radius 2 is 2.21 bits per heavy atom. The molecule has 4 nitrogen and oxygen atoms in total. The van der Waals surface area contributed by atoms with Crippen LogP contribution >= 0.6 is 0 Å². The molecule has 0 radical (unpaired) electrons. The van der Waals surface area contributed by atoms with Crippen LogP contribution in [0.5, 0.6) is 0 Å². The van der Waals surface area contributed by atoms with E-state index in [1.165, 1.54) is 6.26 Å². The smallest absolute Gasteiger partial charge is 0.287 e. The standard InChI is InChI=1S/C15H14N2O2/c16-8-2-6-12-4-1-5-13(10-12)11-17-15(18)14-7-3-9-19-14/h1,3-5,7,9-10H,8,11,16H2,(H,17,18). The highest BCUT2D eigenvalue weighted by Gasteiger charge is 2.07. The number of amides is 1. The highest BCUT2D eigenvalue weighted by atomic mass is 16.3. The third-order valence-corrected chi connectivity index (χ3v) is 2.46. The fourth-order valence-electron chi connectivity index (χ4n) is 1.59. The maximum absolute atomic E-state index is 11.7. The zero-order chi connectivity index (χ0) is 13.5.